The predicted molar refractivity (Wildman–Crippen MR) is 115 cm³/mol. The molecule has 1 heterocycles. The Morgan fingerprint density at radius 3 is 2.50 bits per heavy atom. The number of carbonyl (C=O) groups is 1. The lowest BCUT2D eigenvalue weighted by Gasteiger charge is -2.30. The fraction of sp³-hybridized carbons (Fsp3) is 0.619. The molecule has 0 atom stereocenters. The van der Waals surface area contributed by atoms with Gasteiger partial charge in [0.1, 0.15) is 0 Å². The van der Waals surface area contributed by atoms with Crippen molar-refractivity contribution >= 4 is 17.6 Å². The van der Waals surface area contributed by atoms with Crippen molar-refractivity contribution in [2.75, 3.05) is 64.4 Å². The van der Waals surface area contributed by atoms with Crippen LogP contribution in [0.1, 0.15) is 26.3 Å². The molecule has 1 amide bonds. The Kier molecular flexibility index (Phi) is 9.07. The van der Waals surface area contributed by atoms with Crippen LogP contribution in [0, 0.1) is 0 Å². The number of amides is 1. The number of likely N-dealkylation sites (N-methyl/N-ethyl adjacent to an activating group) is 2. The van der Waals surface area contributed by atoms with Gasteiger partial charge in [0, 0.05) is 45.5 Å². The summed E-state index contributed by atoms with van der Waals surface area (Å²) < 4.78 is 5.48. The molecule has 1 aromatic carbocycles. The van der Waals surface area contributed by atoms with E-state index in [4.69, 9.17) is 9.73 Å². The molecule has 2 rings (SSSR count). The fourth-order valence-electron chi connectivity index (χ4n) is 3.34. The molecule has 0 unspecified atom stereocenters. The molecule has 0 spiro atoms. The topological polar surface area (TPSA) is 60.4 Å². The van der Waals surface area contributed by atoms with E-state index in [0.29, 0.717) is 13.1 Å². The number of anilines is 1. The zero-order valence-corrected chi connectivity index (χ0v) is 17.8. The number of ether oxygens (including phenoxy) is 1. The molecule has 1 aromatic rings. The number of aliphatic imine (C=N–C) groups is 1. The van der Waals surface area contributed by atoms with Gasteiger partial charge in [-0.15, -0.1) is 0 Å². The highest BCUT2D eigenvalue weighted by molar-refractivity contribution is 5.86. The summed E-state index contributed by atoms with van der Waals surface area (Å²) in [5.41, 5.74) is 2.40. The van der Waals surface area contributed by atoms with E-state index < -0.39 is 0 Å². The van der Waals surface area contributed by atoms with Crippen LogP contribution in [0.15, 0.2) is 29.3 Å². The molecule has 7 heteroatoms. The van der Waals surface area contributed by atoms with E-state index in [-0.39, 0.29) is 5.91 Å². The molecular weight excluding hydrogens is 354 g/mol. The highest BCUT2D eigenvalue weighted by Crippen LogP contribution is 2.22. The summed E-state index contributed by atoms with van der Waals surface area (Å²) in [6.45, 7) is 12.5. The van der Waals surface area contributed by atoms with Crippen LogP contribution in [-0.4, -0.2) is 81.2 Å². The standard InChI is InChI=1S/C21H35N5O2/c1-5-22-21(24(4)17-20(27)25(6-2)7-3)23-16-18-10-8-9-11-19(18)26-12-14-28-15-13-26/h8-11H,5-7,12-17H2,1-4H3,(H,22,23). The lowest BCUT2D eigenvalue weighted by molar-refractivity contribution is -0.131. The van der Waals surface area contributed by atoms with Gasteiger partial charge < -0.3 is 24.8 Å². The Labute approximate surface area is 169 Å². The summed E-state index contributed by atoms with van der Waals surface area (Å²) in [5, 5.41) is 3.30. The first-order valence-electron chi connectivity index (χ1n) is 10.3. The molecule has 0 bridgehead atoms. The molecule has 7 nitrogen and oxygen atoms in total. The van der Waals surface area contributed by atoms with Gasteiger partial charge in [-0.25, -0.2) is 4.99 Å². The lowest BCUT2D eigenvalue weighted by atomic mass is 10.1. The number of guanidine groups is 1. The molecule has 28 heavy (non-hydrogen) atoms. The van der Waals surface area contributed by atoms with E-state index in [2.05, 4.69) is 34.5 Å². The number of nitrogens with one attached hydrogen (secondary N) is 1. The van der Waals surface area contributed by atoms with Gasteiger partial charge in [-0.05, 0) is 32.4 Å². The normalized spacial score (nSPS) is 14.7. The zero-order chi connectivity index (χ0) is 20.4. The second kappa shape index (κ2) is 11.5. The van der Waals surface area contributed by atoms with E-state index >= 15 is 0 Å². The SMILES string of the molecule is CCNC(=NCc1ccccc1N1CCOCC1)N(C)CC(=O)N(CC)CC. The van der Waals surface area contributed by atoms with Gasteiger partial charge in [0.25, 0.3) is 0 Å². The van der Waals surface area contributed by atoms with Crippen LogP contribution in [-0.2, 0) is 16.1 Å². The Hall–Kier alpha value is -2.28. The Balaban J connectivity index is 2.11. The molecule has 0 aliphatic carbocycles. The van der Waals surface area contributed by atoms with Crippen molar-refractivity contribution in [2.24, 2.45) is 4.99 Å². The molecule has 1 aliphatic heterocycles. The van der Waals surface area contributed by atoms with Crippen LogP contribution in [0.25, 0.3) is 0 Å². The third-order valence-electron chi connectivity index (χ3n) is 4.93. The monoisotopic (exact) mass is 389 g/mol. The number of nitrogens with zero attached hydrogens (tertiary/aromatic N) is 4. The molecule has 1 N–H and O–H groups in total. The Bertz CT molecular complexity index is 639. The number of carbonyl (C=O) groups excluding carboxylic acids is 1. The van der Waals surface area contributed by atoms with E-state index in [1.807, 2.05) is 37.6 Å². The minimum atomic E-state index is 0.117. The van der Waals surface area contributed by atoms with Crippen LogP contribution < -0.4 is 10.2 Å². The molecule has 0 saturated carbocycles. The highest BCUT2D eigenvalue weighted by Gasteiger charge is 2.17. The van der Waals surface area contributed by atoms with Crippen LogP contribution in [0.2, 0.25) is 0 Å². The summed E-state index contributed by atoms with van der Waals surface area (Å²) in [6.07, 6.45) is 0. The second-order valence-electron chi connectivity index (χ2n) is 6.82. The predicted octanol–water partition coefficient (Wildman–Crippen LogP) is 1.79. The Morgan fingerprint density at radius 2 is 1.86 bits per heavy atom. The van der Waals surface area contributed by atoms with Gasteiger partial charge in [-0.3, -0.25) is 4.79 Å². The van der Waals surface area contributed by atoms with Gasteiger partial charge in [0.15, 0.2) is 5.96 Å². The van der Waals surface area contributed by atoms with Crippen molar-refractivity contribution in [1.82, 2.24) is 15.1 Å². The first-order chi connectivity index (χ1) is 13.6. The summed E-state index contributed by atoms with van der Waals surface area (Å²) in [5.74, 6) is 0.867. The van der Waals surface area contributed by atoms with Crippen molar-refractivity contribution in [3.8, 4) is 0 Å². The Morgan fingerprint density at radius 1 is 1.18 bits per heavy atom. The van der Waals surface area contributed by atoms with E-state index in [0.717, 1.165) is 51.9 Å². The molecule has 1 aliphatic rings. The fourth-order valence-corrected chi connectivity index (χ4v) is 3.34. The minimum absolute atomic E-state index is 0.117. The first kappa shape index (κ1) is 22.0. The molecular formula is C21H35N5O2. The first-order valence-corrected chi connectivity index (χ1v) is 10.3. The quantitative estimate of drug-likeness (QED) is 0.543. The summed E-state index contributed by atoms with van der Waals surface area (Å²) in [4.78, 5) is 23.3. The van der Waals surface area contributed by atoms with Crippen molar-refractivity contribution < 1.29 is 9.53 Å². The van der Waals surface area contributed by atoms with Crippen molar-refractivity contribution in [2.45, 2.75) is 27.3 Å². The maximum atomic E-state index is 12.4. The smallest absolute Gasteiger partial charge is 0.242 e. The molecule has 0 aromatic heterocycles. The third-order valence-corrected chi connectivity index (χ3v) is 4.93. The van der Waals surface area contributed by atoms with Gasteiger partial charge in [0.2, 0.25) is 5.91 Å². The maximum Gasteiger partial charge on any atom is 0.242 e. The third kappa shape index (κ3) is 6.12. The molecule has 1 saturated heterocycles. The van der Waals surface area contributed by atoms with Gasteiger partial charge >= 0.3 is 0 Å². The zero-order valence-electron chi connectivity index (χ0n) is 17.8. The van der Waals surface area contributed by atoms with Crippen molar-refractivity contribution in [1.29, 1.82) is 0 Å². The van der Waals surface area contributed by atoms with Crippen molar-refractivity contribution in [3.63, 3.8) is 0 Å². The number of hydrogen-bond donors (Lipinski definition) is 1. The van der Waals surface area contributed by atoms with Crippen molar-refractivity contribution in [3.05, 3.63) is 29.8 Å². The van der Waals surface area contributed by atoms with Gasteiger partial charge in [-0.1, -0.05) is 18.2 Å². The van der Waals surface area contributed by atoms with E-state index in [9.17, 15) is 4.79 Å². The lowest BCUT2D eigenvalue weighted by Crippen LogP contribution is -2.45. The van der Waals surface area contributed by atoms with Gasteiger partial charge in [0.05, 0.1) is 26.3 Å². The van der Waals surface area contributed by atoms with Crippen LogP contribution in [0.5, 0.6) is 0 Å². The molecule has 156 valence electrons. The number of para-hydroxylation sites is 1. The molecule has 1 fully saturated rings. The van der Waals surface area contributed by atoms with Gasteiger partial charge in [-0.2, -0.15) is 0 Å². The minimum Gasteiger partial charge on any atom is -0.378 e. The average Bonchev–Trinajstić information content (AvgIpc) is 2.72. The average molecular weight is 390 g/mol. The number of benzene rings is 1. The molecule has 0 radical (unpaired) electrons. The van der Waals surface area contributed by atoms with Crippen LogP contribution >= 0.6 is 0 Å². The van der Waals surface area contributed by atoms with E-state index in [1.165, 1.54) is 11.3 Å². The second-order valence-corrected chi connectivity index (χ2v) is 6.82. The summed E-state index contributed by atoms with van der Waals surface area (Å²) >= 11 is 0. The number of hydrogen-bond acceptors (Lipinski definition) is 4. The highest BCUT2D eigenvalue weighted by atomic mass is 16.5. The van der Waals surface area contributed by atoms with Crippen LogP contribution in [0.4, 0.5) is 5.69 Å². The summed E-state index contributed by atoms with van der Waals surface area (Å²) in [6, 6.07) is 8.39. The summed E-state index contributed by atoms with van der Waals surface area (Å²) in [7, 11) is 1.91. The number of morpholine rings is 1. The van der Waals surface area contributed by atoms with Crippen LogP contribution in [0.3, 0.4) is 0 Å². The number of rotatable bonds is 8. The maximum absolute atomic E-state index is 12.4. The largest absolute Gasteiger partial charge is 0.378 e. The van der Waals surface area contributed by atoms with E-state index in [1.54, 1.807) is 0 Å².